The minimum Gasteiger partial charge on any atom is -0.346 e. The number of sulfonamides is 1. The number of nitrogens with one attached hydrogen (secondary N) is 1. The van der Waals surface area contributed by atoms with E-state index < -0.39 is 10.0 Å². The molecule has 0 aromatic heterocycles. The third-order valence-corrected chi connectivity index (χ3v) is 7.23. The quantitative estimate of drug-likeness (QED) is 0.826. The van der Waals surface area contributed by atoms with Crippen LogP contribution >= 0.6 is 0 Å². The van der Waals surface area contributed by atoms with E-state index in [0.717, 1.165) is 36.0 Å². The van der Waals surface area contributed by atoms with Crippen LogP contribution in [0.4, 0.5) is 0 Å². The Labute approximate surface area is 167 Å². The molecule has 2 aromatic rings. The molecule has 28 heavy (non-hydrogen) atoms. The number of amides is 1. The van der Waals surface area contributed by atoms with Crippen molar-refractivity contribution in [2.75, 3.05) is 13.1 Å². The second-order valence-corrected chi connectivity index (χ2v) is 9.49. The minimum absolute atomic E-state index is 0.171. The first kappa shape index (κ1) is 20.6. The standard InChI is InChI=1S/C22H28N2O3S/c1-16-7-10-19(11-8-16)18(3)23-22(25)21-15-20(12-9-17(21)2)28(26,27)24-13-5-4-6-14-24/h7-12,15,18H,4-6,13-14H2,1-3H3,(H,23,25)/t18-/m1/s1. The van der Waals surface area contributed by atoms with Gasteiger partial charge in [-0.2, -0.15) is 4.31 Å². The Kier molecular flexibility index (Phi) is 6.20. The predicted molar refractivity (Wildman–Crippen MR) is 111 cm³/mol. The second kappa shape index (κ2) is 8.45. The summed E-state index contributed by atoms with van der Waals surface area (Å²) in [5, 5.41) is 2.98. The Hall–Kier alpha value is -2.18. The van der Waals surface area contributed by atoms with Gasteiger partial charge in [-0.05, 0) is 56.9 Å². The van der Waals surface area contributed by atoms with Crippen molar-refractivity contribution in [3.8, 4) is 0 Å². The van der Waals surface area contributed by atoms with Crippen molar-refractivity contribution in [1.82, 2.24) is 9.62 Å². The molecule has 5 nitrogen and oxygen atoms in total. The summed E-state index contributed by atoms with van der Waals surface area (Å²) in [5.74, 6) is -0.263. The fourth-order valence-corrected chi connectivity index (χ4v) is 5.02. The van der Waals surface area contributed by atoms with Gasteiger partial charge in [-0.15, -0.1) is 0 Å². The molecule has 0 bridgehead atoms. The highest BCUT2D eigenvalue weighted by Crippen LogP contribution is 2.23. The summed E-state index contributed by atoms with van der Waals surface area (Å²) in [7, 11) is -3.57. The number of aryl methyl sites for hydroxylation is 2. The lowest BCUT2D eigenvalue weighted by molar-refractivity contribution is 0.0939. The number of rotatable bonds is 5. The minimum atomic E-state index is -3.57. The number of carbonyl (C=O) groups excluding carboxylic acids is 1. The van der Waals surface area contributed by atoms with Gasteiger partial charge < -0.3 is 5.32 Å². The molecule has 1 atom stereocenters. The fraction of sp³-hybridized carbons (Fsp3) is 0.409. The molecule has 1 fully saturated rings. The smallest absolute Gasteiger partial charge is 0.252 e. The zero-order valence-corrected chi connectivity index (χ0v) is 17.6. The Morgan fingerprint density at radius 3 is 2.29 bits per heavy atom. The monoisotopic (exact) mass is 400 g/mol. The summed E-state index contributed by atoms with van der Waals surface area (Å²) >= 11 is 0. The van der Waals surface area contributed by atoms with Crippen LogP contribution < -0.4 is 5.32 Å². The highest BCUT2D eigenvalue weighted by atomic mass is 32.2. The van der Waals surface area contributed by atoms with E-state index in [1.165, 1.54) is 10.4 Å². The maximum absolute atomic E-state index is 12.9. The molecule has 1 N–H and O–H groups in total. The van der Waals surface area contributed by atoms with E-state index in [1.54, 1.807) is 12.1 Å². The van der Waals surface area contributed by atoms with Crippen LogP contribution in [0.2, 0.25) is 0 Å². The van der Waals surface area contributed by atoms with Gasteiger partial charge in [-0.1, -0.05) is 42.3 Å². The first-order valence-electron chi connectivity index (χ1n) is 9.77. The van der Waals surface area contributed by atoms with E-state index in [4.69, 9.17) is 0 Å². The molecule has 0 saturated carbocycles. The van der Waals surface area contributed by atoms with Gasteiger partial charge in [0.25, 0.3) is 5.91 Å². The number of carbonyl (C=O) groups is 1. The normalized spacial score (nSPS) is 16.5. The van der Waals surface area contributed by atoms with Crippen molar-refractivity contribution in [1.29, 1.82) is 0 Å². The number of hydrogen-bond donors (Lipinski definition) is 1. The van der Waals surface area contributed by atoms with Crippen molar-refractivity contribution in [2.24, 2.45) is 0 Å². The summed E-state index contributed by atoms with van der Waals surface area (Å²) in [6.45, 7) is 6.85. The molecule has 150 valence electrons. The van der Waals surface area contributed by atoms with Gasteiger partial charge in [0.1, 0.15) is 0 Å². The van der Waals surface area contributed by atoms with Crippen LogP contribution in [0.1, 0.15) is 59.3 Å². The van der Waals surface area contributed by atoms with Crippen LogP contribution in [0.3, 0.4) is 0 Å². The van der Waals surface area contributed by atoms with Crippen LogP contribution in [0.5, 0.6) is 0 Å². The molecule has 2 aromatic carbocycles. The predicted octanol–water partition coefficient (Wildman–Crippen LogP) is 3.97. The molecule has 3 rings (SSSR count). The maximum Gasteiger partial charge on any atom is 0.252 e. The van der Waals surface area contributed by atoms with Gasteiger partial charge >= 0.3 is 0 Å². The van der Waals surface area contributed by atoms with E-state index in [2.05, 4.69) is 5.32 Å². The van der Waals surface area contributed by atoms with Crippen LogP contribution in [0.15, 0.2) is 47.4 Å². The molecule has 0 spiro atoms. The molecule has 1 aliphatic rings. The Balaban J connectivity index is 1.82. The average Bonchev–Trinajstić information content (AvgIpc) is 2.69. The zero-order chi connectivity index (χ0) is 20.3. The molecule has 1 saturated heterocycles. The van der Waals surface area contributed by atoms with Crippen LogP contribution in [0, 0.1) is 13.8 Å². The summed E-state index contributed by atoms with van der Waals surface area (Å²) in [5.41, 5.74) is 3.32. The van der Waals surface area contributed by atoms with Gasteiger partial charge in [0.05, 0.1) is 10.9 Å². The first-order valence-corrected chi connectivity index (χ1v) is 11.2. The van der Waals surface area contributed by atoms with E-state index in [0.29, 0.717) is 18.7 Å². The maximum atomic E-state index is 12.9. The lowest BCUT2D eigenvalue weighted by Gasteiger charge is -2.26. The highest BCUT2D eigenvalue weighted by Gasteiger charge is 2.27. The SMILES string of the molecule is Cc1ccc([C@@H](C)NC(=O)c2cc(S(=O)(=O)N3CCCCC3)ccc2C)cc1. The Bertz CT molecular complexity index is 946. The van der Waals surface area contributed by atoms with Gasteiger partial charge in [-0.3, -0.25) is 4.79 Å². The molecule has 0 aliphatic carbocycles. The summed E-state index contributed by atoms with van der Waals surface area (Å²) in [6.07, 6.45) is 2.82. The molecular formula is C22H28N2O3S. The van der Waals surface area contributed by atoms with Crippen LogP contribution in [0.25, 0.3) is 0 Å². The van der Waals surface area contributed by atoms with E-state index in [1.807, 2.05) is 45.0 Å². The molecule has 0 radical (unpaired) electrons. The number of piperidine rings is 1. The summed E-state index contributed by atoms with van der Waals surface area (Å²) < 4.78 is 27.4. The van der Waals surface area contributed by atoms with Gasteiger partial charge in [0.15, 0.2) is 0 Å². The first-order chi connectivity index (χ1) is 13.3. The van der Waals surface area contributed by atoms with Crippen molar-refractivity contribution in [3.63, 3.8) is 0 Å². The molecule has 1 heterocycles. The van der Waals surface area contributed by atoms with Crippen molar-refractivity contribution >= 4 is 15.9 Å². The van der Waals surface area contributed by atoms with E-state index in [9.17, 15) is 13.2 Å². The zero-order valence-electron chi connectivity index (χ0n) is 16.7. The molecule has 6 heteroatoms. The number of benzene rings is 2. The molecule has 1 amide bonds. The van der Waals surface area contributed by atoms with Crippen LogP contribution in [-0.2, 0) is 10.0 Å². The number of hydrogen-bond acceptors (Lipinski definition) is 3. The average molecular weight is 401 g/mol. The fourth-order valence-electron chi connectivity index (χ4n) is 3.47. The Morgan fingerprint density at radius 1 is 1.00 bits per heavy atom. The molecular weight excluding hydrogens is 372 g/mol. The van der Waals surface area contributed by atoms with Crippen LogP contribution in [-0.4, -0.2) is 31.7 Å². The molecule has 0 unspecified atom stereocenters. The lowest BCUT2D eigenvalue weighted by Crippen LogP contribution is -2.35. The van der Waals surface area contributed by atoms with Crippen molar-refractivity contribution in [3.05, 3.63) is 64.7 Å². The van der Waals surface area contributed by atoms with E-state index >= 15 is 0 Å². The van der Waals surface area contributed by atoms with Gasteiger partial charge in [0.2, 0.25) is 10.0 Å². The third-order valence-electron chi connectivity index (χ3n) is 5.33. The topological polar surface area (TPSA) is 66.5 Å². The van der Waals surface area contributed by atoms with Gasteiger partial charge in [0, 0.05) is 18.7 Å². The number of nitrogens with zero attached hydrogens (tertiary/aromatic N) is 1. The largest absolute Gasteiger partial charge is 0.346 e. The summed E-state index contributed by atoms with van der Waals surface area (Å²) in [6, 6.07) is 12.6. The second-order valence-electron chi connectivity index (χ2n) is 7.55. The van der Waals surface area contributed by atoms with Crippen molar-refractivity contribution in [2.45, 2.75) is 51.0 Å². The molecule has 1 aliphatic heterocycles. The van der Waals surface area contributed by atoms with E-state index in [-0.39, 0.29) is 16.8 Å². The Morgan fingerprint density at radius 2 is 1.64 bits per heavy atom. The van der Waals surface area contributed by atoms with Crippen molar-refractivity contribution < 1.29 is 13.2 Å². The summed E-state index contributed by atoms with van der Waals surface area (Å²) in [4.78, 5) is 13.0. The highest BCUT2D eigenvalue weighted by molar-refractivity contribution is 7.89. The lowest BCUT2D eigenvalue weighted by atomic mass is 10.0. The third kappa shape index (κ3) is 4.45. The van der Waals surface area contributed by atoms with Gasteiger partial charge in [-0.25, -0.2) is 8.42 Å².